The number of hydrogen-bond acceptors (Lipinski definition) is 3. The molecule has 0 unspecified atom stereocenters. The summed E-state index contributed by atoms with van der Waals surface area (Å²) in [5.41, 5.74) is 1.45. The number of furan rings is 1. The van der Waals surface area contributed by atoms with Gasteiger partial charge in [-0.3, -0.25) is 4.68 Å². The van der Waals surface area contributed by atoms with Crippen LogP contribution < -0.4 is 5.32 Å². The van der Waals surface area contributed by atoms with E-state index in [1.807, 2.05) is 26.1 Å². The number of urea groups is 1. The number of hydrogen-bond donors (Lipinski definition) is 1. The first-order valence-corrected chi connectivity index (χ1v) is 8.13. The van der Waals surface area contributed by atoms with Crippen LogP contribution in [0.4, 0.5) is 9.18 Å². The number of aryl methyl sites for hydroxylation is 1. The van der Waals surface area contributed by atoms with E-state index >= 15 is 0 Å². The number of carbonyl (C=O) groups excluding carboxylic acids is 1. The smallest absolute Gasteiger partial charge is 0.317 e. The molecule has 0 aliphatic carbocycles. The fraction of sp³-hybridized carbons (Fsp3) is 0.333. The third kappa shape index (κ3) is 3.65. The highest BCUT2D eigenvalue weighted by atomic mass is 19.1. The maximum absolute atomic E-state index is 13.4. The predicted octanol–water partition coefficient (Wildman–Crippen LogP) is 3.48. The van der Waals surface area contributed by atoms with Crippen LogP contribution in [0.15, 0.2) is 41.1 Å². The summed E-state index contributed by atoms with van der Waals surface area (Å²) in [6.45, 7) is 4.86. The summed E-state index contributed by atoms with van der Waals surface area (Å²) in [6, 6.07) is 5.73. The lowest BCUT2D eigenvalue weighted by atomic mass is 10.1. The summed E-state index contributed by atoms with van der Waals surface area (Å²) in [5.74, 6) is 0.326. The molecular formula is C18H21FN4O2. The molecule has 6 nitrogen and oxygen atoms in total. The molecule has 0 fully saturated rings. The Morgan fingerprint density at radius 2 is 2.28 bits per heavy atom. The molecular weight excluding hydrogens is 323 g/mol. The molecule has 3 aromatic rings. The molecule has 1 atom stereocenters. The fourth-order valence-corrected chi connectivity index (χ4v) is 2.77. The Morgan fingerprint density at radius 1 is 1.48 bits per heavy atom. The first-order chi connectivity index (χ1) is 12.0. The molecule has 0 bridgehead atoms. The highest BCUT2D eigenvalue weighted by molar-refractivity contribution is 5.82. The topological polar surface area (TPSA) is 63.3 Å². The molecule has 2 amide bonds. The predicted molar refractivity (Wildman–Crippen MR) is 92.7 cm³/mol. The van der Waals surface area contributed by atoms with Crippen molar-refractivity contribution in [1.82, 2.24) is 20.0 Å². The SMILES string of the molecule is Cc1c([C@H](C)NC(=O)N(C)CCn2cccn2)oc2ccc(F)cc12. The van der Waals surface area contributed by atoms with Crippen molar-refractivity contribution < 1.29 is 13.6 Å². The first-order valence-electron chi connectivity index (χ1n) is 8.13. The molecule has 1 N–H and O–H groups in total. The zero-order chi connectivity index (χ0) is 18.0. The largest absolute Gasteiger partial charge is 0.459 e. The second kappa shape index (κ2) is 6.96. The van der Waals surface area contributed by atoms with Crippen molar-refractivity contribution in [2.24, 2.45) is 0 Å². The first kappa shape index (κ1) is 17.0. The second-order valence-corrected chi connectivity index (χ2v) is 6.09. The van der Waals surface area contributed by atoms with Crippen molar-refractivity contribution in [1.29, 1.82) is 0 Å². The third-order valence-corrected chi connectivity index (χ3v) is 4.24. The summed E-state index contributed by atoms with van der Waals surface area (Å²) in [7, 11) is 1.73. The number of likely N-dealkylation sites (N-methyl/N-ethyl adjacent to an activating group) is 1. The van der Waals surface area contributed by atoms with Crippen LogP contribution in [-0.4, -0.2) is 34.3 Å². The molecule has 2 aromatic heterocycles. The van der Waals surface area contributed by atoms with Gasteiger partial charge in [-0.15, -0.1) is 0 Å². The van der Waals surface area contributed by atoms with Gasteiger partial charge in [-0.2, -0.15) is 5.10 Å². The molecule has 7 heteroatoms. The number of amides is 2. The van der Waals surface area contributed by atoms with Gasteiger partial charge in [0.1, 0.15) is 17.2 Å². The molecule has 2 heterocycles. The van der Waals surface area contributed by atoms with Crippen LogP contribution in [0.2, 0.25) is 0 Å². The zero-order valence-electron chi connectivity index (χ0n) is 14.5. The minimum atomic E-state index is -0.324. The minimum absolute atomic E-state index is 0.203. The molecule has 1 aromatic carbocycles. The molecule has 25 heavy (non-hydrogen) atoms. The van der Waals surface area contributed by atoms with E-state index in [9.17, 15) is 9.18 Å². The van der Waals surface area contributed by atoms with Crippen LogP contribution >= 0.6 is 0 Å². The van der Waals surface area contributed by atoms with Crippen LogP contribution in [0.25, 0.3) is 11.0 Å². The van der Waals surface area contributed by atoms with E-state index in [1.165, 1.54) is 12.1 Å². The van der Waals surface area contributed by atoms with Gasteiger partial charge in [0.15, 0.2) is 0 Å². The van der Waals surface area contributed by atoms with Crippen LogP contribution in [0.5, 0.6) is 0 Å². The van der Waals surface area contributed by atoms with Gasteiger partial charge < -0.3 is 14.6 Å². The van der Waals surface area contributed by atoms with Crippen molar-refractivity contribution in [2.75, 3.05) is 13.6 Å². The maximum atomic E-state index is 13.4. The standard InChI is InChI=1S/C18H21FN4O2/c1-12-15-11-14(19)5-6-16(15)25-17(12)13(2)21-18(24)22(3)9-10-23-8-4-7-20-23/h4-8,11,13H,9-10H2,1-3H3,(H,21,24)/t13-/m0/s1. The quantitative estimate of drug-likeness (QED) is 0.771. The average Bonchev–Trinajstić information content (AvgIpc) is 3.21. The van der Waals surface area contributed by atoms with E-state index in [0.29, 0.717) is 24.4 Å². The van der Waals surface area contributed by atoms with Crippen LogP contribution in [0.1, 0.15) is 24.3 Å². The lowest BCUT2D eigenvalue weighted by Gasteiger charge is -2.20. The lowest BCUT2D eigenvalue weighted by molar-refractivity contribution is 0.201. The van der Waals surface area contributed by atoms with Gasteiger partial charge in [0.05, 0.1) is 12.6 Å². The van der Waals surface area contributed by atoms with Crippen LogP contribution in [0.3, 0.4) is 0 Å². The number of nitrogens with zero attached hydrogens (tertiary/aromatic N) is 3. The van der Waals surface area contributed by atoms with Crippen molar-refractivity contribution in [3.63, 3.8) is 0 Å². The number of fused-ring (bicyclic) bond motifs is 1. The molecule has 0 aliphatic rings. The molecule has 132 valence electrons. The van der Waals surface area contributed by atoms with E-state index in [-0.39, 0.29) is 17.9 Å². The molecule has 0 aliphatic heterocycles. The van der Waals surface area contributed by atoms with E-state index in [1.54, 1.807) is 28.9 Å². The highest BCUT2D eigenvalue weighted by Crippen LogP contribution is 2.29. The van der Waals surface area contributed by atoms with Crippen LogP contribution in [-0.2, 0) is 6.54 Å². The molecule has 0 spiro atoms. The summed E-state index contributed by atoms with van der Waals surface area (Å²) in [6.07, 6.45) is 3.56. The Bertz CT molecular complexity index is 873. The highest BCUT2D eigenvalue weighted by Gasteiger charge is 2.20. The molecule has 3 rings (SSSR count). The Morgan fingerprint density at radius 3 is 3.00 bits per heavy atom. The van der Waals surface area contributed by atoms with Gasteiger partial charge in [0.25, 0.3) is 0 Å². The van der Waals surface area contributed by atoms with Gasteiger partial charge in [-0.25, -0.2) is 9.18 Å². The van der Waals surface area contributed by atoms with Crippen molar-refractivity contribution in [3.8, 4) is 0 Å². The number of aromatic nitrogens is 2. The Balaban J connectivity index is 1.65. The van der Waals surface area contributed by atoms with Crippen LogP contribution in [0, 0.1) is 12.7 Å². The number of benzene rings is 1. The van der Waals surface area contributed by atoms with Crippen molar-refractivity contribution in [3.05, 3.63) is 53.8 Å². The maximum Gasteiger partial charge on any atom is 0.317 e. The Labute approximate surface area is 145 Å². The zero-order valence-corrected chi connectivity index (χ0v) is 14.5. The van der Waals surface area contributed by atoms with Crippen molar-refractivity contribution in [2.45, 2.75) is 26.4 Å². The van der Waals surface area contributed by atoms with Gasteiger partial charge in [0.2, 0.25) is 0 Å². The summed E-state index contributed by atoms with van der Waals surface area (Å²) >= 11 is 0. The van der Waals surface area contributed by atoms with E-state index in [0.717, 1.165) is 10.9 Å². The molecule has 0 radical (unpaired) electrons. The molecule has 0 saturated carbocycles. The van der Waals surface area contributed by atoms with Gasteiger partial charge in [0, 0.05) is 36.9 Å². The number of carbonyl (C=O) groups is 1. The summed E-state index contributed by atoms with van der Waals surface area (Å²) in [4.78, 5) is 13.9. The summed E-state index contributed by atoms with van der Waals surface area (Å²) < 4.78 is 21.0. The number of halogens is 1. The Kier molecular flexibility index (Phi) is 4.74. The monoisotopic (exact) mass is 344 g/mol. The lowest BCUT2D eigenvalue weighted by Crippen LogP contribution is -2.40. The third-order valence-electron chi connectivity index (χ3n) is 4.24. The number of rotatable bonds is 5. The van der Waals surface area contributed by atoms with E-state index < -0.39 is 0 Å². The van der Waals surface area contributed by atoms with E-state index in [4.69, 9.17) is 4.42 Å². The van der Waals surface area contributed by atoms with E-state index in [2.05, 4.69) is 10.4 Å². The average molecular weight is 344 g/mol. The summed E-state index contributed by atoms with van der Waals surface area (Å²) in [5, 5.41) is 7.75. The van der Waals surface area contributed by atoms with Gasteiger partial charge in [-0.05, 0) is 38.1 Å². The second-order valence-electron chi connectivity index (χ2n) is 6.09. The van der Waals surface area contributed by atoms with Gasteiger partial charge in [-0.1, -0.05) is 0 Å². The molecule has 0 saturated heterocycles. The minimum Gasteiger partial charge on any atom is -0.459 e. The Hall–Kier alpha value is -2.83. The fourth-order valence-electron chi connectivity index (χ4n) is 2.77. The normalized spacial score (nSPS) is 12.3. The van der Waals surface area contributed by atoms with Gasteiger partial charge >= 0.3 is 6.03 Å². The number of nitrogens with one attached hydrogen (secondary N) is 1. The van der Waals surface area contributed by atoms with Crippen molar-refractivity contribution >= 4 is 17.0 Å².